The number of allylic oxidation sites excluding steroid dienone is 3. The molecule has 4 bridgehead atoms. The molecule has 0 radical (unpaired) electrons. The van der Waals surface area contributed by atoms with Crippen LogP contribution >= 0.6 is 23.4 Å². The third-order valence-electron chi connectivity index (χ3n) is 15.8. The Bertz CT molecular complexity index is 2530. The van der Waals surface area contributed by atoms with Crippen LogP contribution in [0.25, 0.3) is 0 Å². The number of hydrogen-bond acceptors (Lipinski definition) is 17. The molecule has 2 unspecified atom stereocenters. The van der Waals surface area contributed by atoms with Gasteiger partial charge in [-0.15, -0.1) is 16.8 Å². The van der Waals surface area contributed by atoms with Gasteiger partial charge in [0.1, 0.15) is 46.8 Å². The molecule has 10 atom stereocenters. The fourth-order valence-electron chi connectivity index (χ4n) is 10.8. The number of hydroxylamine groups is 2. The van der Waals surface area contributed by atoms with Gasteiger partial charge in [0.05, 0.1) is 36.5 Å². The van der Waals surface area contributed by atoms with Crippen LogP contribution in [0, 0.1) is 17.8 Å². The van der Waals surface area contributed by atoms with Crippen LogP contribution in [0.1, 0.15) is 97.5 Å². The standard InChI is InChI=1S/C52H67ClF3N5O15S/c1-27-10-9-11-38(72-8)51(70)25-35(73-49(69)57-51)28(2)45-50(4,75-45)39(24-42(64)59(6)33-21-31(20-27)22-34(71-7)44(33)53)74-47(67)29(3)58(5)37(52(54,55)56)18-19-77-36-23-43(65)60(46(36)66)26-30-12-14-32(15-13-30)48(68)76-61-40(62)16-17-41(61)63/h9-11,21-22,28-30,32,35-39,45,70H,12-20,23-26H2,1-8H3,(H,57,69)/b11-9+,27-10+/t28-,29+,30?,32?,35+,36?,37?,38-,39+,45+,50+,51+/m1/s1. The number of aliphatic hydroxyl groups is 1. The smallest absolute Gasteiger partial charge is 0.409 e. The number of imide groups is 2. The normalized spacial score (nSPS) is 32.2. The van der Waals surface area contributed by atoms with Crippen molar-refractivity contribution in [3.05, 3.63) is 46.5 Å². The quantitative estimate of drug-likeness (QED) is 0.131. The second kappa shape index (κ2) is 24.0. The second-order valence-corrected chi connectivity index (χ2v) is 22.7. The van der Waals surface area contributed by atoms with Gasteiger partial charge in [0.25, 0.3) is 11.8 Å². The Balaban J connectivity index is 1.03. The Hall–Kier alpha value is -5.27. The number of rotatable bonds is 14. The van der Waals surface area contributed by atoms with Crippen LogP contribution in [0.5, 0.6) is 5.75 Å². The number of epoxide rings is 1. The van der Waals surface area contributed by atoms with Crippen molar-refractivity contribution in [1.29, 1.82) is 0 Å². The number of ether oxygens (including phenoxy) is 5. The first kappa shape index (κ1) is 59.4. The largest absolute Gasteiger partial charge is 0.495 e. The molecule has 20 nitrogen and oxygen atoms in total. The molecule has 6 aliphatic rings. The number of hydrogen-bond donors (Lipinski definition) is 2. The van der Waals surface area contributed by atoms with Crippen molar-refractivity contribution in [2.45, 2.75) is 158 Å². The van der Waals surface area contributed by atoms with E-state index in [9.17, 15) is 56.6 Å². The summed E-state index contributed by atoms with van der Waals surface area (Å²) in [5.41, 5.74) is -1.63. The fourth-order valence-corrected chi connectivity index (χ4v) is 12.3. The molecule has 7 rings (SSSR count). The van der Waals surface area contributed by atoms with Crippen LogP contribution in [0.2, 0.25) is 5.02 Å². The molecule has 5 aliphatic heterocycles. The predicted octanol–water partition coefficient (Wildman–Crippen LogP) is 5.58. The lowest BCUT2D eigenvalue weighted by atomic mass is 9.82. The molecule has 77 heavy (non-hydrogen) atoms. The van der Waals surface area contributed by atoms with Crippen LogP contribution in [-0.4, -0.2) is 167 Å². The number of likely N-dealkylation sites (N-methyl/N-ethyl adjacent to an activating group) is 1. The van der Waals surface area contributed by atoms with E-state index in [0.29, 0.717) is 42.7 Å². The maximum Gasteiger partial charge on any atom is 0.409 e. The van der Waals surface area contributed by atoms with Crippen LogP contribution in [0.15, 0.2) is 35.9 Å². The highest BCUT2D eigenvalue weighted by Gasteiger charge is 2.65. The molecule has 0 spiro atoms. The SMILES string of the molecule is COc1cc2cc(c1Cl)N(C)C(=O)C[C@H](OC(=O)[C@H](C)N(C)C(CCSC1CC(=O)N(CC3CCC(C(=O)ON4C(=O)CCC4=O)CC3)C1=O)C(F)(F)F)[C@]1(C)O[C@H]1[C@H](C)[C@@H]1C[C@@](O)(NC(=O)O1)[C@H](OC)/C=C/C=C(\C)C2. The first-order valence-electron chi connectivity index (χ1n) is 25.6. The molecule has 424 valence electrons. The second-order valence-electron chi connectivity index (χ2n) is 21.0. The van der Waals surface area contributed by atoms with Gasteiger partial charge >= 0.3 is 24.2 Å². The summed E-state index contributed by atoms with van der Waals surface area (Å²) in [6, 6.07) is -0.381. The maximum absolute atomic E-state index is 15.0. The number of amides is 6. The van der Waals surface area contributed by atoms with Crippen LogP contribution in [-0.2, 0) is 63.8 Å². The molecular formula is C52H67ClF3N5O15S. The lowest BCUT2D eigenvalue weighted by Crippen LogP contribution is -2.63. The number of methoxy groups -OCH3 is 2. The van der Waals surface area contributed by atoms with Crippen molar-refractivity contribution in [3.8, 4) is 5.75 Å². The van der Waals surface area contributed by atoms with Crippen molar-refractivity contribution < 1.29 is 85.2 Å². The minimum Gasteiger partial charge on any atom is -0.495 e. The summed E-state index contributed by atoms with van der Waals surface area (Å²) in [6.45, 7) is 6.41. The van der Waals surface area contributed by atoms with Gasteiger partial charge in [0, 0.05) is 52.3 Å². The number of alkyl carbamates (subject to hydrolysis) is 1. The summed E-state index contributed by atoms with van der Waals surface area (Å²) >= 11 is 7.70. The lowest BCUT2D eigenvalue weighted by Gasteiger charge is -2.42. The van der Waals surface area contributed by atoms with Gasteiger partial charge in [-0.1, -0.05) is 42.3 Å². The van der Waals surface area contributed by atoms with E-state index in [4.69, 9.17) is 40.1 Å². The lowest BCUT2D eigenvalue weighted by molar-refractivity contribution is -0.201. The van der Waals surface area contributed by atoms with Gasteiger partial charge in [-0.3, -0.25) is 43.9 Å². The average molecular weight is 1130 g/mol. The summed E-state index contributed by atoms with van der Waals surface area (Å²) in [6.07, 6.45) is -4.81. The molecule has 6 amide bonds. The third kappa shape index (κ3) is 13.3. The first-order chi connectivity index (χ1) is 36.2. The number of nitrogens with one attached hydrogen (secondary N) is 1. The molecule has 4 saturated heterocycles. The van der Waals surface area contributed by atoms with E-state index in [1.807, 2.05) is 6.92 Å². The highest BCUT2D eigenvalue weighted by Crippen LogP contribution is 2.49. The number of carbonyl (C=O) groups is 8. The maximum atomic E-state index is 15.0. The molecule has 1 aromatic carbocycles. The van der Waals surface area contributed by atoms with Crippen LogP contribution in [0.4, 0.5) is 23.7 Å². The van der Waals surface area contributed by atoms with Crippen molar-refractivity contribution in [3.63, 3.8) is 0 Å². The van der Waals surface area contributed by atoms with Crippen molar-refractivity contribution in [1.82, 2.24) is 20.2 Å². The molecule has 5 heterocycles. The minimum absolute atomic E-state index is 0.0375. The van der Waals surface area contributed by atoms with E-state index >= 15 is 0 Å². The number of likely N-dealkylation sites (tertiary alicyclic amines) is 1. The highest BCUT2D eigenvalue weighted by atomic mass is 35.5. The zero-order valence-corrected chi connectivity index (χ0v) is 45.8. The van der Waals surface area contributed by atoms with Crippen LogP contribution in [0.3, 0.4) is 0 Å². The van der Waals surface area contributed by atoms with E-state index in [-0.39, 0.29) is 60.4 Å². The zero-order chi connectivity index (χ0) is 56.5. The minimum atomic E-state index is -4.88. The Labute approximate surface area is 453 Å². The van der Waals surface area contributed by atoms with Gasteiger partial charge in [-0.2, -0.15) is 13.2 Å². The zero-order valence-electron chi connectivity index (χ0n) is 44.2. The van der Waals surface area contributed by atoms with E-state index in [1.54, 1.807) is 44.2 Å². The molecule has 0 aromatic heterocycles. The summed E-state index contributed by atoms with van der Waals surface area (Å²) < 4.78 is 74.1. The van der Waals surface area contributed by atoms with Gasteiger partial charge < -0.3 is 38.5 Å². The number of nitrogens with zero attached hydrogens (tertiary/aromatic N) is 4. The molecule has 5 fully saturated rings. The average Bonchev–Trinajstić information content (AvgIpc) is 3.97. The van der Waals surface area contributed by atoms with Gasteiger partial charge in [-0.05, 0) is 95.7 Å². The molecule has 2 N–H and O–H groups in total. The molecule has 1 saturated carbocycles. The van der Waals surface area contributed by atoms with Crippen LogP contribution < -0.4 is 15.0 Å². The van der Waals surface area contributed by atoms with Gasteiger partial charge in [0.2, 0.25) is 17.7 Å². The Morgan fingerprint density at radius 3 is 2.34 bits per heavy atom. The van der Waals surface area contributed by atoms with Crippen molar-refractivity contribution in [2.24, 2.45) is 17.8 Å². The monoisotopic (exact) mass is 1130 g/mol. The van der Waals surface area contributed by atoms with E-state index in [0.717, 1.165) is 34.2 Å². The summed E-state index contributed by atoms with van der Waals surface area (Å²) in [5.74, 6) is -6.03. The molecule has 25 heteroatoms. The fraction of sp³-hybridized carbons (Fsp3) is 0.654. The third-order valence-corrected chi connectivity index (χ3v) is 17.4. The highest BCUT2D eigenvalue weighted by molar-refractivity contribution is 8.00. The van der Waals surface area contributed by atoms with Gasteiger partial charge in [-0.25, -0.2) is 9.59 Å². The topological polar surface area (TPSA) is 240 Å². The Morgan fingerprint density at radius 1 is 1.03 bits per heavy atom. The number of halogens is 4. The number of carbonyl (C=O) groups excluding carboxylic acids is 8. The summed E-state index contributed by atoms with van der Waals surface area (Å²) in [4.78, 5) is 113. The van der Waals surface area contributed by atoms with Crippen molar-refractivity contribution >= 4 is 76.6 Å². The Morgan fingerprint density at radius 2 is 1.70 bits per heavy atom. The number of thioether (sulfide) groups is 1. The number of esters is 1. The number of alkyl halides is 3. The van der Waals surface area contributed by atoms with Crippen molar-refractivity contribution in [2.75, 3.05) is 45.5 Å². The van der Waals surface area contributed by atoms with E-state index in [1.165, 1.54) is 33.1 Å². The van der Waals surface area contributed by atoms with E-state index in [2.05, 4.69) is 5.32 Å². The summed E-state index contributed by atoms with van der Waals surface area (Å²) in [7, 11) is 5.36. The molecule has 1 aliphatic carbocycles. The first-order valence-corrected chi connectivity index (χ1v) is 27.0. The molecule has 1 aromatic rings. The number of benzene rings is 1. The number of anilines is 1. The number of fused-ring (bicyclic) bond motifs is 5. The molecular weight excluding hydrogens is 1060 g/mol. The predicted molar refractivity (Wildman–Crippen MR) is 271 cm³/mol. The summed E-state index contributed by atoms with van der Waals surface area (Å²) in [5, 5.41) is 14.0. The van der Waals surface area contributed by atoms with E-state index < -0.39 is 131 Å². The Kier molecular flexibility index (Phi) is 18.5. The van der Waals surface area contributed by atoms with Gasteiger partial charge in [0.15, 0.2) is 5.72 Å².